The van der Waals surface area contributed by atoms with E-state index in [0.717, 1.165) is 18.7 Å². The van der Waals surface area contributed by atoms with Crippen LogP contribution in [0.1, 0.15) is 31.4 Å². The quantitative estimate of drug-likeness (QED) is 0.825. The number of carbonyl (C=O) groups excluding carboxylic acids is 1. The van der Waals surface area contributed by atoms with Crippen LogP contribution in [0.4, 0.5) is 5.69 Å². The maximum Gasteiger partial charge on any atom is 0.244 e. The van der Waals surface area contributed by atoms with Gasteiger partial charge in [0.2, 0.25) is 5.91 Å². The number of nitrogens with one attached hydrogen (secondary N) is 1. The minimum Gasteiger partial charge on any atom is -0.308 e. The average molecular weight is 246 g/mol. The Hall–Kier alpha value is -1.35. The summed E-state index contributed by atoms with van der Waals surface area (Å²) in [7, 11) is 0. The van der Waals surface area contributed by atoms with Crippen molar-refractivity contribution < 1.29 is 4.79 Å². The Labute approximate surface area is 109 Å². The fourth-order valence-corrected chi connectivity index (χ4v) is 2.62. The second-order valence-corrected chi connectivity index (χ2v) is 5.37. The van der Waals surface area contributed by atoms with Gasteiger partial charge < -0.3 is 10.2 Å². The predicted molar refractivity (Wildman–Crippen MR) is 74.9 cm³/mol. The number of hydrogen-bond acceptors (Lipinski definition) is 2. The fourth-order valence-electron chi connectivity index (χ4n) is 2.62. The van der Waals surface area contributed by atoms with E-state index in [1.807, 2.05) is 11.8 Å². The van der Waals surface area contributed by atoms with Gasteiger partial charge in [-0.2, -0.15) is 0 Å². The third-order valence-electron chi connectivity index (χ3n) is 3.55. The summed E-state index contributed by atoms with van der Waals surface area (Å²) in [5, 5.41) is 3.26. The van der Waals surface area contributed by atoms with E-state index in [0.29, 0.717) is 0 Å². The maximum atomic E-state index is 12.4. The molecule has 0 bridgehead atoms. The molecule has 18 heavy (non-hydrogen) atoms. The molecule has 1 aliphatic rings. The van der Waals surface area contributed by atoms with Crippen LogP contribution in [0, 0.1) is 13.8 Å². The number of benzene rings is 1. The lowest BCUT2D eigenvalue weighted by molar-refractivity contribution is -0.120. The Bertz CT molecular complexity index is 436. The summed E-state index contributed by atoms with van der Waals surface area (Å²) in [6, 6.07) is 6.48. The van der Waals surface area contributed by atoms with Crippen molar-refractivity contribution in [2.75, 3.05) is 11.4 Å². The van der Waals surface area contributed by atoms with Crippen LogP contribution >= 0.6 is 0 Å². The van der Waals surface area contributed by atoms with Crippen LogP contribution in [0.3, 0.4) is 0 Å². The monoisotopic (exact) mass is 246 g/mol. The molecule has 2 rings (SSSR count). The van der Waals surface area contributed by atoms with Crippen LogP contribution < -0.4 is 10.2 Å². The normalized spacial score (nSPS) is 25.1. The van der Waals surface area contributed by atoms with Crippen molar-refractivity contribution >= 4 is 11.6 Å². The van der Waals surface area contributed by atoms with Crippen molar-refractivity contribution in [1.82, 2.24) is 5.32 Å². The first-order valence-corrected chi connectivity index (χ1v) is 6.64. The Kier molecular flexibility index (Phi) is 3.71. The van der Waals surface area contributed by atoms with Gasteiger partial charge >= 0.3 is 0 Å². The fraction of sp³-hybridized carbons (Fsp3) is 0.533. The third kappa shape index (κ3) is 2.56. The highest BCUT2D eigenvalue weighted by molar-refractivity contribution is 5.97. The second kappa shape index (κ2) is 5.11. The zero-order valence-corrected chi connectivity index (χ0v) is 11.7. The van der Waals surface area contributed by atoms with Crippen molar-refractivity contribution in [1.29, 1.82) is 0 Å². The van der Waals surface area contributed by atoms with Crippen molar-refractivity contribution in [3.05, 3.63) is 29.3 Å². The van der Waals surface area contributed by atoms with Gasteiger partial charge in [0.05, 0.1) is 6.04 Å². The number of aryl methyl sites for hydroxylation is 2. The maximum absolute atomic E-state index is 12.4. The highest BCUT2D eigenvalue weighted by atomic mass is 16.2. The number of carbonyl (C=O) groups is 1. The molecule has 1 amide bonds. The summed E-state index contributed by atoms with van der Waals surface area (Å²) in [5.74, 6) is 0.171. The van der Waals surface area contributed by atoms with Gasteiger partial charge in [0.25, 0.3) is 0 Å². The van der Waals surface area contributed by atoms with Crippen LogP contribution in [0.25, 0.3) is 0 Å². The van der Waals surface area contributed by atoms with Gasteiger partial charge in [-0.05, 0) is 63.9 Å². The first kappa shape index (κ1) is 13.1. The molecule has 1 aromatic carbocycles. The molecule has 3 heteroatoms. The summed E-state index contributed by atoms with van der Waals surface area (Å²) >= 11 is 0. The molecule has 2 unspecified atom stereocenters. The van der Waals surface area contributed by atoms with Crippen molar-refractivity contribution in [3.8, 4) is 0 Å². The van der Waals surface area contributed by atoms with Crippen LogP contribution in [0.2, 0.25) is 0 Å². The van der Waals surface area contributed by atoms with Crippen molar-refractivity contribution in [3.63, 3.8) is 0 Å². The van der Waals surface area contributed by atoms with E-state index in [-0.39, 0.29) is 18.0 Å². The molecule has 1 aromatic rings. The largest absolute Gasteiger partial charge is 0.308 e. The average Bonchev–Trinajstić information content (AvgIpc) is 2.38. The third-order valence-corrected chi connectivity index (χ3v) is 3.55. The van der Waals surface area contributed by atoms with Crippen molar-refractivity contribution in [2.45, 2.75) is 46.2 Å². The molecule has 1 heterocycles. The zero-order valence-electron chi connectivity index (χ0n) is 11.7. The smallest absolute Gasteiger partial charge is 0.244 e. The first-order chi connectivity index (χ1) is 8.49. The lowest BCUT2D eigenvalue weighted by atomic mass is 10.1. The Morgan fingerprint density at radius 3 is 2.39 bits per heavy atom. The van der Waals surface area contributed by atoms with Gasteiger partial charge in [0.1, 0.15) is 0 Å². The van der Waals surface area contributed by atoms with Gasteiger partial charge in [-0.3, -0.25) is 4.79 Å². The van der Waals surface area contributed by atoms with E-state index in [4.69, 9.17) is 0 Å². The number of nitrogens with zero attached hydrogens (tertiary/aromatic N) is 1. The minimum absolute atomic E-state index is 0.101. The number of hydrogen-bond donors (Lipinski definition) is 1. The molecule has 3 nitrogen and oxygen atoms in total. The lowest BCUT2D eigenvalue weighted by Crippen LogP contribution is -2.44. The molecule has 0 saturated carbocycles. The number of amides is 1. The van der Waals surface area contributed by atoms with Crippen LogP contribution in [0.5, 0.6) is 0 Å². The molecule has 0 radical (unpaired) electrons. The van der Waals surface area contributed by atoms with Gasteiger partial charge in [-0.15, -0.1) is 0 Å². The van der Waals surface area contributed by atoms with Gasteiger partial charge in [0.15, 0.2) is 0 Å². The Balaban J connectivity index is 2.41. The molecule has 0 spiro atoms. The minimum atomic E-state index is -0.101. The Morgan fingerprint density at radius 1 is 1.17 bits per heavy atom. The standard InChI is InChI=1S/C15H22N2O/c1-10-7-11(2)9-14(8-10)17-12(3)5-6-16-13(4)15(17)18/h7-9,12-13,16H,5-6H2,1-4H3. The van der Waals surface area contributed by atoms with Gasteiger partial charge in [-0.25, -0.2) is 0 Å². The molecule has 0 aliphatic carbocycles. The number of anilines is 1. The second-order valence-electron chi connectivity index (χ2n) is 5.37. The molecule has 98 valence electrons. The summed E-state index contributed by atoms with van der Waals surface area (Å²) in [5.41, 5.74) is 3.44. The number of rotatable bonds is 1. The first-order valence-electron chi connectivity index (χ1n) is 6.64. The summed E-state index contributed by atoms with van der Waals surface area (Å²) in [6.07, 6.45) is 0.989. The SMILES string of the molecule is Cc1cc(C)cc(N2C(=O)C(C)NCCC2C)c1. The van der Waals surface area contributed by atoms with E-state index in [1.54, 1.807) is 0 Å². The molecular formula is C15H22N2O. The van der Waals surface area contributed by atoms with Crippen LogP contribution in [-0.2, 0) is 4.79 Å². The predicted octanol–water partition coefficient (Wildman–Crippen LogP) is 2.41. The lowest BCUT2D eigenvalue weighted by Gasteiger charge is -2.29. The molecule has 1 fully saturated rings. The molecule has 1 aliphatic heterocycles. The van der Waals surface area contributed by atoms with E-state index in [2.05, 4.69) is 44.3 Å². The van der Waals surface area contributed by atoms with E-state index in [1.165, 1.54) is 11.1 Å². The topological polar surface area (TPSA) is 32.3 Å². The van der Waals surface area contributed by atoms with Gasteiger partial charge in [0, 0.05) is 11.7 Å². The van der Waals surface area contributed by atoms with Gasteiger partial charge in [-0.1, -0.05) is 6.07 Å². The zero-order chi connectivity index (χ0) is 13.3. The summed E-state index contributed by atoms with van der Waals surface area (Å²) < 4.78 is 0. The van der Waals surface area contributed by atoms with Crippen LogP contribution in [0.15, 0.2) is 18.2 Å². The molecular weight excluding hydrogens is 224 g/mol. The van der Waals surface area contributed by atoms with Crippen molar-refractivity contribution in [2.24, 2.45) is 0 Å². The van der Waals surface area contributed by atoms with E-state index in [9.17, 15) is 4.79 Å². The molecule has 0 aromatic heterocycles. The highest BCUT2D eigenvalue weighted by Crippen LogP contribution is 2.24. The summed E-state index contributed by atoms with van der Waals surface area (Å²) in [4.78, 5) is 14.4. The summed E-state index contributed by atoms with van der Waals surface area (Å²) in [6.45, 7) is 9.11. The molecule has 1 N–H and O–H groups in total. The highest BCUT2D eigenvalue weighted by Gasteiger charge is 2.29. The van der Waals surface area contributed by atoms with E-state index < -0.39 is 0 Å². The van der Waals surface area contributed by atoms with Crippen LogP contribution in [-0.4, -0.2) is 24.5 Å². The van der Waals surface area contributed by atoms with E-state index >= 15 is 0 Å². The Morgan fingerprint density at radius 2 is 1.78 bits per heavy atom. The molecule has 1 saturated heterocycles. The molecule has 2 atom stereocenters.